The molecule has 1 aliphatic heterocycles. The number of aryl methyl sites for hydroxylation is 2. The number of hydrogen-bond acceptors (Lipinski definition) is 6. The largest absolute Gasteiger partial charge is 0.333 e. The molecule has 6 nitrogen and oxygen atoms in total. The number of nitrogens with zero attached hydrogens (tertiary/aromatic N) is 6. The number of piperidine rings is 1. The molecule has 1 fully saturated rings. The van der Waals surface area contributed by atoms with Crippen molar-refractivity contribution in [1.29, 1.82) is 0 Å². The lowest BCUT2D eigenvalue weighted by molar-refractivity contribution is 0.201. The van der Waals surface area contributed by atoms with Crippen LogP contribution in [0.15, 0.2) is 29.4 Å². The molecule has 25 heavy (non-hydrogen) atoms. The summed E-state index contributed by atoms with van der Waals surface area (Å²) in [5.41, 5.74) is 5.15. The topological polar surface area (TPSA) is 59.7 Å². The van der Waals surface area contributed by atoms with E-state index in [-0.39, 0.29) is 0 Å². The fourth-order valence-electron chi connectivity index (χ4n) is 3.46. The molecule has 7 heteroatoms. The second-order valence-corrected chi connectivity index (χ2v) is 7.34. The van der Waals surface area contributed by atoms with Crippen LogP contribution in [0.3, 0.4) is 0 Å². The van der Waals surface area contributed by atoms with Gasteiger partial charge in [-0.25, -0.2) is 19.9 Å². The Labute approximate surface area is 151 Å². The van der Waals surface area contributed by atoms with Gasteiger partial charge in [-0.2, -0.15) is 0 Å². The van der Waals surface area contributed by atoms with Crippen LogP contribution >= 0.6 is 11.3 Å². The van der Waals surface area contributed by atoms with E-state index in [1.165, 1.54) is 5.69 Å². The second kappa shape index (κ2) is 7.01. The third kappa shape index (κ3) is 3.62. The van der Waals surface area contributed by atoms with E-state index >= 15 is 0 Å². The van der Waals surface area contributed by atoms with E-state index in [1.807, 2.05) is 36.4 Å². The van der Waals surface area contributed by atoms with Crippen LogP contribution in [0.4, 0.5) is 0 Å². The van der Waals surface area contributed by atoms with Crippen molar-refractivity contribution >= 4 is 11.3 Å². The number of aromatic nitrogens is 5. The van der Waals surface area contributed by atoms with Crippen molar-refractivity contribution in [2.24, 2.45) is 7.05 Å². The first-order chi connectivity index (χ1) is 12.2. The normalized spacial score (nSPS) is 16.4. The minimum Gasteiger partial charge on any atom is -0.333 e. The van der Waals surface area contributed by atoms with Crippen LogP contribution in [0, 0.1) is 6.92 Å². The third-order valence-corrected chi connectivity index (χ3v) is 5.42. The third-order valence-electron chi connectivity index (χ3n) is 4.78. The van der Waals surface area contributed by atoms with Gasteiger partial charge in [0.2, 0.25) is 0 Å². The minimum atomic E-state index is 0.493. The first kappa shape index (κ1) is 16.4. The molecule has 0 spiro atoms. The fourth-order valence-corrected chi connectivity index (χ4v) is 4.01. The lowest BCUT2D eigenvalue weighted by Crippen LogP contribution is -2.32. The van der Waals surface area contributed by atoms with Crippen molar-refractivity contribution in [1.82, 2.24) is 29.4 Å². The molecule has 0 atom stereocenters. The van der Waals surface area contributed by atoms with Crippen LogP contribution in [0.5, 0.6) is 0 Å². The zero-order valence-corrected chi connectivity index (χ0v) is 15.4. The molecule has 4 heterocycles. The monoisotopic (exact) mass is 354 g/mol. The summed E-state index contributed by atoms with van der Waals surface area (Å²) in [5, 5.41) is 2.14. The van der Waals surface area contributed by atoms with Crippen LogP contribution < -0.4 is 0 Å². The van der Waals surface area contributed by atoms with E-state index in [0.717, 1.165) is 55.5 Å². The van der Waals surface area contributed by atoms with Crippen LogP contribution in [0.25, 0.3) is 11.5 Å². The maximum Gasteiger partial charge on any atom is 0.158 e. The Morgan fingerprint density at radius 3 is 2.72 bits per heavy atom. The molecule has 4 rings (SSSR count). The number of hydrogen-bond donors (Lipinski definition) is 0. The summed E-state index contributed by atoms with van der Waals surface area (Å²) in [6.07, 6.45) is 6.01. The van der Waals surface area contributed by atoms with Crippen molar-refractivity contribution < 1.29 is 0 Å². The molecule has 1 saturated heterocycles. The highest BCUT2D eigenvalue weighted by atomic mass is 32.1. The van der Waals surface area contributed by atoms with Gasteiger partial charge in [0.05, 0.1) is 11.2 Å². The van der Waals surface area contributed by atoms with E-state index < -0.39 is 0 Å². The molecule has 0 bridgehead atoms. The molecular formula is C18H22N6S. The highest BCUT2D eigenvalue weighted by Gasteiger charge is 2.23. The SMILES string of the molecule is Cc1nc(-c2nccn2C)cc(C2CCN(Cc3cscn3)CC2)n1. The second-order valence-electron chi connectivity index (χ2n) is 6.62. The summed E-state index contributed by atoms with van der Waals surface area (Å²) in [5.74, 6) is 2.21. The average molecular weight is 354 g/mol. The van der Waals surface area contributed by atoms with E-state index in [0.29, 0.717) is 5.92 Å². The molecule has 0 aliphatic carbocycles. The predicted molar refractivity (Wildman–Crippen MR) is 98.3 cm³/mol. The molecule has 0 N–H and O–H groups in total. The van der Waals surface area contributed by atoms with Crippen molar-refractivity contribution in [3.8, 4) is 11.5 Å². The average Bonchev–Trinajstić information content (AvgIpc) is 3.26. The first-order valence-electron chi connectivity index (χ1n) is 8.62. The van der Waals surface area contributed by atoms with Gasteiger partial charge in [0.15, 0.2) is 5.82 Å². The zero-order valence-electron chi connectivity index (χ0n) is 14.6. The Morgan fingerprint density at radius 1 is 1.20 bits per heavy atom. The first-order valence-corrected chi connectivity index (χ1v) is 9.56. The quantitative estimate of drug-likeness (QED) is 0.721. The Hall–Kier alpha value is -2.12. The number of likely N-dealkylation sites (tertiary alicyclic amines) is 1. The van der Waals surface area contributed by atoms with Gasteiger partial charge < -0.3 is 4.57 Å². The van der Waals surface area contributed by atoms with Gasteiger partial charge in [0.1, 0.15) is 11.5 Å². The zero-order chi connectivity index (χ0) is 17.2. The van der Waals surface area contributed by atoms with Gasteiger partial charge in [0, 0.05) is 43.0 Å². The number of rotatable bonds is 4. The molecule has 130 valence electrons. The number of thiazole rings is 1. The Morgan fingerprint density at radius 2 is 2.04 bits per heavy atom. The molecule has 0 amide bonds. The fraction of sp³-hybridized carbons (Fsp3) is 0.444. The summed E-state index contributed by atoms with van der Waals surface area (Å²) in [7, 11) is 2.00. The van der Waals surface area contributed by atoms with Crippen molar-refractivity contribution in [3.63, 3.8) is 0 Å². The van der Waals surface area contributed by atoms with E-state index in [9.17, 15) is 0 Å². The van der Waals surface area contributed by atoms with Crippen molar-refractivity contribution in [3.05, 3.63) is 46.6 Å². The lowest BCUT2D eigenvalue weighted by atomic mass is 9.92. The number of imidazole rings is 1. The molecule has 0 unspecified atom stereocenters. The maximum absolute atomic E-state index is 4.72. The van der Waals surface area contributed by atoms with Crippen LogP contribution in [0.1, 0.15) is 36.0 Å². The van der Waals surface area contributed by atoms with Gasteiger partial charge in [-0.05, 0) is 38.9 Å². The molecule has 0 radical (unpaired) electrons. The van der Waals surface area contributed by atoms with Gasteiger partial charge in [0.25, 0.3) is 0 Å². The summed E-state index contributed by atoms with van der Waals surface area (Å²) < 4.78 is 2.00. The van der Waals surface area contributed by atoms with Crippen molar-refractivity contribution in [2.75, 3.05) is 13.1 Å². The van der Waals surface area contributed by atoms with Crippen molar-refractivity contribution in [2.45, 2.75) is 32.2 Å². The Kier molecular flexibility index (Phi) is 4.59. The van der Waals surface area contributed by atoms with Gasteiger partial charge in [-0.15, -0.1) is 11.3 Å². The van der Waals surface area contributed by atoms with Crippen LogP contribution in [-0.4, -0.2) is 42.5 Å². The van der Waals surface area contributed by atoms with Crippen LogP contribution in [0.2, 0.25) is 0 Å². The molecule has 1 aliphatic rings. The summed E-state index contributed by atoms with van der Waals surface area (Å²) in [6, 6.07) is 2.12. The van der Waals surface area contributed by atoms with Crippen LogP contribution in [-0.2, 0) is 13.6 Å². The molecule has 0 aromatic carbocycles. The highest BCUT2D eigenvalue weighted by molar-refractivity contribution is 7.07. The standard InChI is InChI=1S/C18H22N6S/c1-13-21-16(9-17(22-13)18-19-5-8-23(18)2)14-3-6-24(7-4-14)10-15-11-25-12-20-15/h5,8-9,11-12,14H,3-4,6-7,10H2,1-2H3. The Balaban J connectivity index is 1.48. The van der Waals surface area contributed by atoms with E-state index in [1.54, 1.807) is 11.3 Å². The predicted octanol–water partition coefficient (Wildman–Crippen LogP) is 3.02. The molecule has 3 aromatic heterocycles. The smallest absolute Gasteiger partial charge is 0.158 e. The highest BCUT2D eigenvalue weighted by Crippen LogP contribution is 2.29. The lowest BCUT2D eigenvalue weighted by Gasteiger charge is -2.31. The minimum absolute atomic E-state index is 0.493. The van der Waals surface area contributed by atoms with Gasteiger partial charge in [-0.1, -0.05) is 0 Å². The van der Waals surface area contributed by atoms with E-state index in [2.05, 4.69) is 31.3 Å². The summed E-state index contributed by atoms with van der Waals surface area (Å²) in [4.78, 5) is 20.6. The van der Waals surface area contributed by atoms with Gasteiger partial charge >= 0.3 is 0 Å². The molecular weight excluding hydrogens is 332 g/mol. The van der Waals surface area contributed by atoms with E-state index in [4.69, 9.17) is 4.98 Å². The molecule has 0 saturated carbocycles. The summed E-state index contributed by atoms with van der Waals surface area (Å²) in [6.45, 7) is 5.09. The maximum atomic E-state index is 4.72. The summed E-state index contributed by atoms with van der Waals surface area (Å²) >= 11 is 1.67. The molecule has 3 aromatic rings. The Bertz CT molecular complexity index is 833. The van der Waals surface area contributed by atoms with Gasteiger partial charge in [-0.3, -0.25) is 4.90 Å².